The number of para-hydroxylation sites is 1. The molecule has 1 atom stereocenters. The van der Waals surface area contributed by atoms with Gasteiger partial charge in [0.2, 0.25) is 5.91 Å². The lowest BCUT2D eigenvalue weighted by molar-refractivity contribution is -0.123. The summed E-state index contributed by atoms with van der Waals surface area (Å²) >= 11 is 0. The average Bonchev–Trinajstić information content (AvgIpc) is 2.58. The molecule has 1 heterocycles. The van der Waals surface area contributed by atoms with Crippen molar-refractivity contribution in [2.24, 2.45) is 0 Å². The molecule has 3 rings (SSSR count). The number of carbonyl (C=O) groups excluding carboxylic acids is 1. The van der Waals surface area contributed by atoms with Crippen molar-refractivity contribution in [2.75, 3.05) is 4.90 Å². The van der Waals surface area contributed by atoms with Gasteiger partial charge in [-0.2, -0.15) is 0 Å². The third-order valence-corrected chi connectivity index (χ3v) is 3.78. The maximum Gasteiger partial charge on any atom is 0.230 e. The number of aliphatic hydroxyl groups excluding tert-OH is 1. The Balaban J connectivity index is 1.90. The molecule has 1 saturated heterocycles. The molecule has 0 saturated carbocycles. The molecule has 1 fully saturated rings. The fraction of sp³-hybridized carbons (Fsp3) is 0.235. The summed E-state index contributed by atoms with van der Waals surface area (Å²) in [4.78, 5) is 13.7. The Hall–Kier alpha value is -2.29. The Morgan fingerprint density at radius 3 is 2.65 bits per heavy atom. The van der Waals surface area contributed by atoms with Crippen molar-refractivity contribution in [1.82, 2.24) is 0 Å². The molecule has 1 aromatic carbocycles. The minimum Gasteiger partial charge on any atom is -0.508 e. The third kappa shape index (κ3) is 2.16. The zero-order valence-corrected chi connectivity index (χ0v) is 11.4. The molecule has 1 aliphatic carbocycles. The summed E-state index contributed by atoms with van der Waals surface area (Å²) < 4.78 is 0. The monoisotopic (exact) mass is 267 g/mol. The van der Waals surface area contributed by atoms with Crippen LogP contribution in [0.1, 0.15) is 19.8 Å². The number of β-lactam (4-membered cyclic amide) rings is 1. The van der Waals surface area contributed by atoms with Crippen LogP contribution in [0.5, 0.6) is 0 Å². The lowest BCUT2D eigenvalue weighted by Gasteiger charge is -2.41. The second-order valence-electron chi connectivity index (χ2n) is 5.19. The summed E-state index contributed by atoms with van der Waals surface area (Å²) in [6.45, 7) is 1.97. The Morgan fingerprint density at radius 2 is 1.95 bits per heavy atom. The number of anilines is 1. The molecule has 0 radical (unpaired) electrons. The SMILES string of the molecule is CC1=CCC=C(C2CC(=O)N2c2ccccc2)C(O)=C1. The first-order valence-corrected chi connectivity index (χ1v) is 6.82. The van der Waals surface area contributed by atoms with Crippen LogP contribution in [0.3, 0.4) is 0 Å². The first kappa shape index (κ1) is 12.7. The number of rotatable bonds is 2. The first-order chi connectivity index (χ1) is 9.66. The van der Waals surface area contributed by atoms with Crippen LogP contribution in [0.2, 0.25) is 0 Å². The van der Waals surface area contributed by atoms with Crippen LogP contribution in [-0.2, 0) is 4.79 Å². The van der Waals surface area contributed by atoms with Gasteiger partial charge in [0, 0.05) is 11.3 Å². The number of carbonyl (C=O) groups is 1. The quantitative estimate of drug-likeness (QED) is 0.833. The van der Waals surface area contributed by atoms with E-state index in [2.05, 4.69) is 6.08 Å². The number of benzene rings is 1. The van der Waals surface area contributed by atoms with Gasteiger partial charge in [0.15, 0.2) is 0 Å². The topological polar surface area (TPSA) is 40.5 Å². The second kappa shape index (κ2) is 5.00. The molecular weight excluding hydrogens is 250 g/mol. The number of nitrogens with zero attached hydrogens (tertiary/aromatic N) is 1. The average molecular weight is 267 g/mol. The van der Waals surface area contributed by atoms with E-state index in [0.717, 1.165) is 23.3 Å². The molecule has 0 aromatic heterocycles. The number of hydrogen-bond donors (Lipinski definition) is 1. The smallest absolute Gasteiger partial charge is 0.230 e. The van der Waals surface area contributed by atoms with Gasteiger partial charge in [-0.3, -0.25) is 4.79 Å². The van der Waals surface area contributed by atoms with Crippen molar-refractivity contribution in [2.45, 2.75) is 25.8 Å². The summed E-state index contributed by atoms with van der Waals surface area (Å²) in [6.07, 6.45) is 7.09. The van der Waals surface area contributed by atoms with Crippen LogP contribution in [0, 0.1) is 0 Å². The third-order valence-electron chi connectivity index (χ3n) is 3.78. The number of allylic oxidation sites excluding steroid dienone is 4. The molecule has 1 N–H and O–H groups in total. The summed E-state index contributed by atoms with van der Waals surface area (Å²) in [5.41, 5.74) is 2.78. The number of hydrogen-bond acceptors (Lipinski definition) is 2. The Bertz CT molecular complexity index is 626. The minimum atomic E-state index is -0.0551. The van der Waals surface area contributed by atoms with Gasteiger partial charge in [-0.1, -0.05) is 35.9 Å². The van der Waals surface area contributed by atoms with Gasteiger partial charge in [0.05, 0.1) is 12.5 Å². The van der Waals surface area contributed by atoms with Gasteiger partial charge in [0.25, 0.3) is 0 Å². The standard InChI is InChI=1S/C17H17NO2/c1-12-6-5-9-14(16(19)10-12)15-11-17(20)18(15)13-7-3-2-4-8-13/h2-4,6-10,15,19H,5,11H2,1H3. The number of aliphatic hydroxyl groups is 1. The largest absolute Gasteiger partial charge is 0.508 e. The molecule has 1 aliphatic heterocycles. The van der Waals surface area contributed by atoms with Crippen LogP contribution in [0.15, 0.2) is 65.5 Å². The van der Waals surface area contributed by atoms with E-state index < -0.39 is 0 Å². The fourth-order valence-corrected chi connectivity index (χ4v) is 2.72. The van der Waals surface area contributed by atoms with Gasteiger partial charge in [-0.15, -0.1) is 0 Å². The van der Waals surface area contributed by atoms with E-state index >= 15 is 0 Å². The van der Waals surface area contributed by atoms with E-state index in [-0.39, 0.29) is 17.7 Å². The van der Waals surface area contributed by atoms with E-state index in [9.17, 15) is 9.90 Å². The van der Waals surface area contributed by atoms with Gasteiger partial charge in [-0.05, 0) is 31.6 Å². The van der Waals surface area contributed by atoms with Crippen LogP contribution in [0.25, 0.3) is 0 Å². The Morgan fingerprint density at radius 1 is 1.20 bits per heavy atom. The second-order valence-corrected chi connectivity index (χ2v) is 5.19. The summed E-state index contributed by atoms with van der Waals surface area (Å²) in [7, 11) is 0. The van der Waals surface area contributed by atoms with Gasteiger partial charge >= 0.3 is 0 Å². The molecular formula is C17H17NO2. The van der Waals surface area contributed by atoms with Crippen molar-refractivity contribution in [1.29, 1.82) is 0 Å². The highest BCUT2D eigenvalue weighted by Crippen LogP contribution is 2.35. The van der Waals surface area contributed by atoms with E-state index in [1.807, 2.05) is 43.3 Å². The molecule has 1 aromatic rings. The molecule has 102 valence electrons. The van der Waals surface area contributed by atoms with Crippen molar-refractivity contribution < 1.29 is 9.90 Å². The predicted octanol–water partition coefficient (Wildman–Crippen LogP) is 3.51. The molecule has 2 aliphatic rings. The first-order valence-electron chi connectivity index (χ1n) is 6.82. The van der Waals surface area contributed by atoms with Crippen molar-refractivity contribution >= 4 is 11.6 Å². The van der Waals surface area contributed by atoms with Crippen LogP contribution >= 0.6 is 0 Å². The minimum absolute atomic E-state index is 0.0551. The van der Waals surface area contributed by atoms with Gasteiger partial charge < -0.3 is 10.0 Å². The predicted molar refractivity (Wildman–Crippen MR) is 79.5 cm³/mol. The molecule has 3 nitrogen and oxygen atoms in total. The van der Waals surface area contributed by atoms with Crippen LogP contribution < -0.4 is 4.90 Å². The van der Waals surface area contributed by atoms with E-state index in [0.29, 0.717) is 6.42 Å². The molecule has 20 heavy (non-hydrogen) atoms. The summed E-state index contributed by atoms with van der Waals surface area (Å²) in [5, 5.41) is 10.2. The lowest BCUT2D eigenvalue weighted by atomic mass is 9.91. The molecule has 3 heteroatoms. The van der Waals surface area contributed by atoms with E-state index in [1.165, 1.54) is 0 Å². The maximum absolute atomic E-state index is 11.9. The summed E-state index contributed by atoms with van der Waals surface area (Å²) in [5.74, 6) is 0.374. The highest BCUT2D eigenvalue weighted by Gasteiger charge is 2.40. The molecule has 0 bridgehead atoms. The molecule has 1 amide bonds. The van der Waals surface area contributed by atoms with Crippen LogP contribution in [-0.4, -0.2) is 17.1 Å². The van der Waals surface area contributed by atoms with E-state index in [1.54, 1.807) is 11.0 Å². The molecule has 1 unspecified atom stereocenters. The fourth-order valence-electron chi connectivity index (χ4n) is 2.72. The highest BCUT2D eigenvalue weighted by molar-refractivity contribution is 6.02. The Kier molecular flexibility index (Phi) is 3.18. The summed E-state index contributed by atoms with van der Waals surface area (Å²) in [6, 6.07) is 9.55. The number of amides is 1. The van der Waals surface area contributed by atoms with Gasteiger partial charge in [0.1, 0.15) is 5.76 Å². The maximum atomic E-state index is 11.9. The zero-order chi connectivity index (χ0) is 14.1. The van der Waals surface area contributed by atoms with Crippen molar-refractivity contribution in [3.05, 3.63) is 65.5 Å². The zero-order valence-electron chi connectivity index (χ0n) is 11.4. The van der Waals surface area contributed by atoms with Crippen LogP contribution in [0.4, 0.5) is 5.69 Å². The van der Waals surface area contributed by atoms with Gasteiger partial charge in [-0.25, -0.2) is 0 Å². The normalized spacial score (nSPS) is 22.4. The lowest BCUT2D eigenvalue weighted by Crippen LogP contribution is -2.54. The van der Waals surface area contributed by atoms with Crippen molar-refractivity contribution in [3.8, 4) is 0 Å². The Labute approximate surface area is 118 Å². The molecule has 0 spiro atoms. The highest BCUT2D eigenvalue weighted by atomic mass is 16.3. The van der Waals surface area contributed by atoms with Crippen molar-refractivity contribution in [3.63, 3.8) is 0 Å². The van der Waals surface area contributed by atoms with E-state index in [4.69, 9.17) is 0 Å².